The van der Waals surface area contributed by atoms with Crippen LogP contribution in [0, 0.1) is 11.8 Å². The van der Waals surface area contributed by atoms with Gasteiger partial charge in [-0.15, -0.1) is 0 Å². The molecule has 0 aromatic carbocycles. The number of carbonyl (C=O) groups excluding carboxylic acids is 2. The van der Waals surface area contributed by atoms with Gasteiger partial charge in [-0.25, -0.2) is 0 Å². The van der Waals surface area contributed by atoms with E-state index < -0.39 is 0 Å². The summed E-state index contributed by atoms with van der Waals surface area (Å²) in [5.74, 6) is 1.28. The van der Waals surface area contributed by atoms with Crippen molar-refractivity contribution in [3.63, 3.8) is 0 Å². The Morgan fingerprint density at radius 1 is 0.535 bits per heavy atom. The number of hydrogen-bond donors (Lipinski definition) is 2. The predicted molar refractivity (Wildman–Crippen MR) is 192 cm³/mol. The molecule has 0 saturated heterocycles. The first-order chi connectivity index (χ1) is 20.9. The van der Waals surface area contributed by atoms with Gasteiger partial charge in [-0.3, -0.25) is 9.59 Å². The molecule has 2 amide bonds. The molecule has 0 spiro atoms. The van der Waals surface area contributed by atoms with Crippen molar-refractivity contribution in [2.75, 3.05) is 13.1 Å². The molecule has 0 bridgehead atoms. The molecule has 2 atom stereocenters. The lowest BCUT2D eigenvalue weighted by molar-refractivity contribution is -0.118. The standard InChI is InChI=1S/C20H39NO.C19H37NO/c1-5-7-9-11-12-14-16-19(15-13-10-8-6-2)17-21-20(22)18(3)4;1-4-7-9-11-12-14-16-18(15-13-10-8-5-2)17-20-19(21)6-3/h19H,3,5-17H2,1-2,4H3,(H,21,22);6,18H,3-5,7-17H2,1-2H3,(H,20,21). The SMILES string of the molecule is C=C(C)C(=O)NCC(CCCCCC)CCCCCCCC.C=CC(=O)NCC(CCCCCC)CCCCCCCC. The first-order valence-corrected chi connectivity index (χ1v) is 18.7. The van der Waals surface area contributed by atoms with Gasteiger partial charge in [0, 0.05) is 18.7 Å². The molecule has 2 unspecified atom stereocenters. The third-order valence-electron chi connectivity index (χ3n) is 8.55. The van der Waals surface area contributed by atoms with E-state index in [1.807, 2.05) is 0 Å². The van der Waals surface area contributed by atoms with Crippen LogP contribution >= 0.6 is 0 Å². The molecule has 0 saturated carbocycles. The van der Waals surface area contributed by atoms with Crippen molar-refractivity contribution in [1.82, 2.24) is 10.6 Å². The second kappa shape index (κ2) is 34.9. The Morgan fingerprint density at radius 2 is 0.837 bits per heavy atom. The molecule has 0 aliphatic rings. The zero-order valence-electron chi connectivity index (χ0n) is 29.8. The van der Waals surface area contributed by atoms with E-state index in [9.17, 15) is 9.59 Å². The Morgan fingerprint density at radius 3 is 1.16 bits per heavy atom. The Bertz CT molecular complexity index is 645. The number of carbonyl (C=O) groups is 2. The van der Waals surface area contributed by atoms with Crippen molar-refractivity contribution in [3.8, 4) is 0 Å². The quantitative estimate of drug-likeness (QED) is 0.0633. The number of hydrogen-bond acceptors (Lipinski definition) is 2. The maximum absolute atomic E-state index is 11.7. The van der Waals surface area contributed by atoms with Crippen molar-refractivity contribution in [2.45, 2.75) is 189 Å². The van der Waals surface area contributed by atoms with E-state index in [2.05, 4.69) is 51.5 Å². The normalized spacial score (nSPS) is 12.1. The summed E-state index contributed by atoms with van der Waals surface area (Å²) in [6, 6.07) is 0. The Labute approximate surface area is 270 Å². The lowest BCUT2D eigenvalue weighted by atomic mass is 9.94. The highest BCUT2D eigenvalue weighted by Crippen LogP contribution is 2.19. The Hall–Kier alpha value is -1.58. The largest absolute Gasteiger partial charge is 0.352 e. The van der Waals surface area contributed by atoms with Crippen molar-refractivity contribution >= 4 is 11.8 Å². The van der Waals surface area contributed by atoms with E-state index >= 15 is 0 Å². The molecule has 0 fully saturated rings. The molecule has 0 aromatic rings. The minimum Gasteiger partial charge on any atom is -0.352 e. The average molecular weight is 605 g/mol. The molecule has 2 N–H and O–H groups in total. The monoisotopic (exact) mass is 605 g/mol. The molecule has 0 aliphatic carbocycles. The fourth-order valence-corrected chi connectivity index (χ4v) is 5.55. The molecule has 0 aromatic heterocycles. The zero-order chi connectivity index (χ0) is 32.4. The van der Waals surface area contributed by atoms with Gasteiger partial charge in [0.25, 0.3) is 0 Å². The fraction of sp³-hybridized carbons (Fsp3) is 0.846. The van der Waals surface area contributed by atoms with Gasteiger partial charge in [0.2, 0.25) is 11.8 Å². The van der Waals surface area contributed by atoms with Crippen LogP contribution in [0.5, 0.6) is 0 Å². The van der Waals surface area contributed by atoms with Crippen LogP contribution in [0.2, 0.25) is 0 Å². The smallest absolute Gasteiger partial charge is 0.246 e. The molecule has 4 heteroatoms. The van der Waals surface area contributed by atoms with Crippen molar-refractivity contribution in [3.05, 3.63) is 24.8 Å². The van der Waals surface area contributed by atoms with Gasteiger partial charge in [-0.05, 0) is 50.5 Å². The third kappa shape index (κ3) is 33.2. The molecule has 254 valence electrons. The van der Waals surface area contributed by atoms with E-state index in [1.54, 1.807) is 6.92 Å². The molecular weight excluding hydrogens is 528 g/mol. The maximum atomic E-state index is 11.7. The molecule has 43 heavy (non-hydrogen) atoms. The molecule has 0 rings (SSSR count). The molecule has 0 heterocycles. The van der Waals surface area contributed by atoms with E-state index in [0.29, 0.717) is 17.4 Å². The summed E-state index contributed by atoms with van der Waals surface area (Å²) < 4.78 is 0. The summed E-state index contributed by atoms with van der Waals surface area (Å²) in [5, 5.41) is 6.02. The lowest BCUT2D eigenvalue weighted by Gasteiger charge is -2.18. The summed E-state index contributed by atoms with van der Waals surface area (Å²) >= 11 is 0. The molecule has 4 nitrogen and oxygen atoms in total. The highest BCUT2D eigenvalue weighted by molar-refractivity contribution is 5.92. The number of nitrogens with one attached hydrogen (secondary N) is 2. The van der Waals surface area contributed by atoms with Gasteiger partial charge in [-0.1, -0.05) is 169 Å². The van der Waals surface area contributed by atoms with Gasteiger partial charge in [0.1, 0.15) is 0 Å². The second-order valence-corrected chi connectivity index (χ2v) is 13.0. The second-order valence-electron chi connectivity index (χ2n) is 13.0. The van der Waals surface area contributed by atoms with E-state index in [1.165, 1.54) is 160 Å². The van der Waals surface area contributed by atoms with Crippen LogP contribution < -0.4 is 10.6 Å². The first kappa shape index (κ1) is 43.5. The Balaban J connectivity index is 0. The third-order valence-corrected chi connectivity index (χ3v) is 8.55. The molecule has 0 aliphatic heterocycles. The minimum absolute atomic E-state index is 0.0153. The van der Waals surface area contributed by atoms with E-state index in [-0.39, 0.29) is 11.8 Å². The van der Waals surface area contributed by atoms with E-state index in [4.69, 9.17) is 0 Å². The number of rotatable bonds is 30. The topological polar surface area (TPSA) is 58.2 Å². The van der Waals surface area contributed by atoms with Crippen LogP contribution in [-0.2, 0) is 9.59 Å². The van der Waals surface area contributed by atoms with Gasteiger partial charge in [0.15, 0.2) is 0 Å². The summed E-state index contributed by atoms with van der Waals surface area (Å²) in [6.07, 6.45) is 33.1. The van der Waals surface area contributed by atoms with Gasteiger partial charge in [-0.2, -0.15) is 0 Å². The summed E-state index contributed by atoms with van der Waals surface area (Å²) in [6.45, 7) is 19.7. The lowest BCUT2D eigenvalue weighted by Crippen LogP contribution is -2.29. The summed E-state index contributed by atoms with van der Waals surface area (Å²) in [5.41, 5.74) is 0.615. The van der Waals surface area contributed by atoms with Gasteiger partial charge >= 0.3 is 0 Å². The van der Waals surface area contributed by atoms with Crippen LogP contribution in [-0.4, -0.2) is 24.9 Å². The van der Waals surface area contributed by atoms with Crippen molar-refractivity contribution in [2.24, 2.45) is 11.8 Å². The predicted octanol–water partition coefficient (Wildman–Crippen LogP) is 11.6. The average Bonchev–Trinajstić information content (AvgIpc) is 3.01. The highest BCUT2D eigenvalue weighted by atomic mass is 16.2. The maximum Gasteiger partial charge on any atom is 0.246 e. The number of unbranched alkanes of at least 4 members (excludes halogenated alkanes) is 16. The Kier molecular flexibility index (Phi) is 35.3. The molecular formula is C39H76N2O2. The fourth-order valence-electron chi connectivity index (χ4n) is 5.55. The summed E-state index contributed by atoms with van der Waals surface area (Å²) in [4.78, 5) is 23.0. The van der Waals surface area contributed by atoms with Gasteiger partial charge < -0.3 is 10.6 Å². The van der Waals surface area contributed by atoms with Crippen molar-refractivity contribution in [1.29, 1.82) is 0 Å². The van der Waals surface area contributed by atoms with Gasteiger partial charge in [0.05, 0.1) is 0 Å². The van der Waals surface area contributed by atoms with Crippen molar-refractivity contribution < 1.29 is 9.59 Å². The number of amides is 2. The van der Waals surface area contributed by atoms with Crippen LogP contribution in [0.3, 0.4) is 0 Å². The zero-order valence-corrected chi connectivity index (χ0v) is 29.8. The van der Waals surface area contributed by atoms with Crippen LogP contribution in [0.4, 0.5) is 0 Å². The van der Waals surface area contributed by atoms with Crippen LogP contribution in [0.15, 0.2) is 24.8 Å². The summed E-state index contributed by atoms with van der Waals surface area (Å²) in [7, 11) is 0. The van der Waals surface area contributed by atoms with E-state index in [0.717, 1.165) is 13.1 Å². The minimum atomic E-state index is -0.0310. The van der Waals surface area contributed by atoms with Crippen LogP contribution in [0.1, 0.15) is 189 Å². The molecule has 0 radical (unpaired) electrons. The first-order valence-electron chi connectivity index (χ1n) is 18.7. The highest BCUT2D eigenvalue weighted by Gasteiger charge is 2.11. The van der Waals surface area contributed by atoms with Crippen LogP contribution in [0.25, 0.3) is 0 Å².